The Kier molecular flexibility index (Phi) is 4.72. The van der Waals surface area contributed by atoms with Crippen molar-refractivity contribution in [3.05, 3.63) is 28.5 Å². The summed E-state index contributed by atoms with van der Waals surface area (Å²) in [6.45, 7) is 2.32. The number of hydrogen-bond donors (Lipinski definition) is 0. The predicted octanol–water partition coefficient (Wildman–Crippen LogP) is 2.34. The van der Waals surface area contributed by atoms with Gasteiger partial charge in [-0.1, -0.05) is 0 Å². The van der Waals surface area contributed by atoms with Crippen LogP contribution in [0.25, 0.3) is 0 Å². The number of carbonyl (C=O) groups excluding carboxylic acids is 1. The van der Waals surface area contributed by atoms with Crippen molar-refractivity contribution < 1.29 is 9.53 Å². The fourth-order valence-electron chi connectivity index (χ4n) is 2.33. The number of likely N-dealkylation sites (tertiary alicyclic amines) is 1. The van der Waals surface area contributed by atoms with E-state index >= 15 is 0 Å². The Bertz CT molecular complexity index is 423. The number of amides is 1. The highest BCUT2D eigenvalue weighted by atomic mass is 79.9. The van der Waals surface area contributed by atoms with Gasteiger partial charge in [-0.2, -0.15) is 0 Å². The van der Waals surface area contributed by atoms with Crippen LogP contribution in [0, 0.1) is 5.92 Å². The number of piperidine rings is 1. The topological polar surface area (TPSA) is 42.4 Å². The Morgan fingerprint density at radius 1 is 1.61 bits per heavy atom. The molecule has 0 radical (unpaired) electrons. The van der Waals surface area contributed by atoms with Gasteiger partial charge in [0.05, 0.1) is 12.2 Å². The molecular weight excluding hydrogens is 296 g/mol. The average molecular weight is 313 g/mol. The quantitative estimate of drug-likeness (QED) is 0.860. The van der Waals surface area contributed by atoms with E-state index in [0.717, 1.165) is 37.0 Å². The van der Waals surface area contributed by atoms with Crippen LogP contribution in [-0.4, -0.2) is 42.6 Å². The van der Waals surface area contributed by atoms with Crippen LogP contribution in [0.2, 0.25) is 0 Å². The Labute approximate surface area is 115 Å². The van der Waals surface area contributed by atoms with Gasteiger partial charge in [-0.3, -0.25) is 9.78 Å². The van der Waals surface area contributed by atoms with Crippen molar-refractivity contribution in [1.82, 2.24) is 9.88 Å². The number of ether oxygens (including phenoxy) is 1. The second-order valence-corrected chi connectivity index (χ2v) is 5.52. The molecule has 1 aromatic rings. The fourth-order valence-corrected chi connectivity index (χ4v) is 2.70. The molecule has 5 heteroatoms. The maximum Gasteiger partial charge on any atom is 0.255 e. The van der Waals surface area contributed by atoms with Gasteiger partial charge in [0, 0.05) is 37.1 Å². The standard InChI is InChI=1S/C13H17BrN2O2/c1-18-9-10-3-2-4-16(8-10)13(17)11-5-12(14)7-15-6-11/h5-7,10H,2-4,8-9H2,1H3/t10-/m1/s1. The first kappa shape index (κ1) is 13.5. The smallest absolute Gasteiger partial charge is 0.255 e. The number of carbonyl (C=O) groups is 1. The van der Waals surface area contributed by atoms with E-state index < -0.39 is 0 Å². The monoisotopic (exact) mass is 312 g/mol. The lowest BCUT2D eigenvalue weighted by Gasteiger charge is -2.32. The number of pyridine rings is 1. The third kappa shape index (κ3) is 3.29. The maximum atomic E-state index is 12.3. The lowest BCUT2D eigenvalue weighted by molar-refractivity contribution is 0.0570. The molecule has 0 bridgehead atoms. The fraction of sp³-hybridized carbons (Fsp3) is 0.538. The third-order valence-electron chi connectivity index (χ3n) is 3.16. The van der Waals surface area contributed by atoms with Crippen LogP contribution in [0.15, 0.2) is 22.9 Å². The zero-order chi connectivity index (χ0) is 13.0. The largest absolute Gasteiger partial charge is 0.384 e. The van der Waals surface area contributed by atoms with E-state index in [2.05, 4.69) is 20.9 Å². The molecule has 1 aliphatic rings. The minimum atomic E-state index is 0.0598. The number of rotatable bonds is 3. The normalized spacial score (nSPS) is 19.9. The van der Waals surface area contributed by atoms with E-state index in [9.17, 15) is 4.79 Å². The molecule has 0 aliphatic carbocycles. The Morgan fingerprint density at radius 2 is 2.44 bits per heavy atom. The minimum Gasteiger partial charge on any atom is -0.384 e. The highest BCUT2D eigenvalue weighted by Gasteiger charge is 2.24. The van der Waals surface area contributed by atoms with E-state index in [0.29, 0.717) is 11.5 Å². The van der Waals surface area contributed by atoms with E-state index in [4.69, 9.17) is 4.74 Å². The van der Waals surface area contributed by atoms with Gasteiger partial charge >= 0.3 is 0 Å². The van der Waals surface area contributed by atoms with Gasteiger partial charge in [0.2, 0.25) is 0 Å². The second kappa shape index (κ2) is 6.29. The molecule has 18 heavy (non-hydrogen) atoms. The Balaban J connectivity index is 2.04. The van der Waals surface area contributed by atoms with Gasteiger partial charge in [0.1, 0.15) is 0 Å². The summed E-state index contributed by atoms with van der Waals surface area (Å²) in [4.78, 5) is 18.3. The van der Waals surface area contributed by atoms with Gasteiger partial charge in [-0.05, 0) is 40.8 Å². The Morgan fingerprint density at radius 3 is 3.17 bits per heavy atom. The SMILES string of the molecule is COC[C@@H]1CCCN(C(=O)c2cncc(Br)c2)C1. The van der Waals surface area contributed by atoms with E-state index in [1.807, 2.05) is 11.0 Å². The minimum absolute atomic E-state index is 0.0598. The number of methoxy groups -OCH3 is 1. The van der Waals surface area contributed by atoms with Crippen LogP contribution in [0.4, 0.5) is 0 Å². The van der Waals surface area contributed by atoms with Gasteiger partial charge in [-0.25, -0.2) is 0 Å². The summed E-state index contributed by atoms with van der Waals surface area (Å²) in [7, 11) is 1.71. The maximum absolute atomic E-state index is 12.3. The first-order chi connectivity index (χ1) is 8.70. The molecule has 0 saturated carbocycles. The van der Waals surface area contributed by atoms with Crippen molar-refractivity contribution in [2.45, 2.75) is 12.8 Å². The van der Waals surface area contributed by atoms with Crippen molar-refractivity contribution in [1.29, 1.82) is 0 Å². The number of halogens is 1. The van der Waals surface area contributed by atoms with Crippen LogP contribution in [-0.2, 0) is 4.74 Å². The molecule has 1 aromatic heterocycles. The molecule has 1 saturated heterocycles. The molecule has 2 rings (SSSR count). The number of hydrogen-bond acceptors (Lipinski definition) is 3. The number of aromatic nitrogens is 1. The van der Waals surface area contributed by atoms with Crippen LogP contribution in [0.1, 0.15) is 23.2 Å². The molecule has 1 fully saturated rings. The van der Waals surface area contributed by atoms with Crippen molar-refractivity contribution >= 4 is 21.8 Å². The first-order valence-electron chi connectivity index (χ1n) is 6.09. The molecule has 0 spiro atoms. The molecule has 0 N–H and O–H groups in total. The summed E-state index contributed by atoms with van der Waals surface area (Å²) < 4.78 is 6.01. The predicted molar refractivity (Wildman–Crippen MR) is 72.4 cm³/mol. The molecule has 1 aliphatic heterocycles. The number of nitrogens with zero attached hydrogens (tertiary/aromatic N) is 2. The highest BCUT2D eigenvalue weighted by molar-refractivity contribution is 9.10. The van der Waals surface area contributed by atoms with Crippen LogP contribution < -0.4 is 0 Å². The van der Waals surface area contributed by atoms with Crippen LogP contribution in [0.5, 0.6) is 0 Å². The summed E-state index contributed by atoms with van der Waals surface area (Å²) in [6, 6.07) is 1.81. The lowest BCUT2D eigenvalue weighted by Crippen LogP contribution is -2.41. The second-order valence-electron chi connectivity index (χ2n) is 4.61. The molecule has 0 unspecified atom stereocenters. The third-order valence-corrected chi connectivity index (χ3v) is 3.59. The van der Waals surface area contributed by atoms with E-state index in [1.165, 1.54) is 0 Å². The van der Waals surface area contributed by atoms with E-state index in [-0.39, 0.29) is 5.91 Å². The van der Waals surface area contributed by atoms with Gasteiger partial charge in [0.15, 0.2) is 0 Å². The van der Waals surface area contributed by atoms with E-state index in [1.54, 1.807) is 19.5 Å². The summed E-state index contributed by atoms with van der Waals surface area (Å²) in [5, 5.41) is 0. The lowest BCUT2D eigenvalue weighted by atomic mass is 9.98. The molecule has 0 aromatic carbocycles. The molecular formula is C13H17BrN2O2. The van der Waals surface area contributed by atoms with Crippen molar-refractivity contribution in [2.75, 3.05) is 26.8 Å². The highest BCUT2D eigenvalue weighted by Crippen LogP contribution is 2.19. The molecule has 98 valence electrons. The summed E-state index contributed by atoms with van der Waals surface area (Å²) in [5.74, 6) is 0.511. The Hall–Kier alpha value is -0.940. The zero-order valence-corrected chi connectivity index (χ0v) is 12.0. The van der Waals surface area contributed by atoms with Gasteiger partial charge < -0.3 is 9.64 Å². The van der Waals surface area contributed by atoms with Crippen molar-refractivity contribution in [2.24, 2.45) is 5.92 Å². The van der Waals surface area contributed by atoms with Crippen molar-refractivity contribution in [3.8, 4) is 0 Å². The molecule has 2 heterocycles. The first-order valence-corrected chi connectivity index (χ1v) is 6.88. The molecule has 4 nitrogen and oxygen atoms in total. The summed E-state index contributed by atoms with van der Waals surface area (Å²) in [5.41, 5.74) is 0.641. The molecule has 1 atom stereocenters. The zero-order valence-electron chi connectivity index (χ0n) is 10.4. The van der Waals surface area contributed by atoms with Crippen molar-refractivity contribution in [3.63, 3.8) is 0 Å². The molecule has 1 amide bonds. The van der Waals surface area contributed by atoms with Crippen LogP contribution in [0.3, 0.4) is 0 Å². The van der Waals surface area contributed by atoms with Gasteiger partial charge in [-0.15, -0.1) is 0 Å². The van der Waals surface area contributed by atoms with Crippen LogP contribution >= 0.6 is 15.9 Å². The summed E-state index contributed by atoms with van der Waals surface area (Å²) in [6.07, 6.45) is 5.48. The summed E-state index contributed by atoms with van der Waals surface area (Å²) >= 11 is 3.34. The van der Waals surface area contributed by atoms with Gasteiger partial charge in [0.25, 0.3) is 5.91 Å². The average Bonchev–Trinajstić information content (AvgIpc) is 2.39.